The first-order valence-electron chi connectivity index (χ1n) is 33.0. The molecule has 448 valence electrons. The zero-order chi connectivity index (χ0) is 55.5. The maximum absolute atomic E-state index is 12.9. The molecule has 0 saturated carbocycles. The zero-order valence-corrected chi connectivity index (χ0v) is 51.2. The SMILES string of the molecule is CCCCCCC/C=C\CCCCCCCC(=O)OCC(COC(OCC[N+](C)(C)C)C(=O)[O-])OC(=O)CCCCCCCCCCCCCCCCCCCCCCCCCCC/C=C\CCCCCCCCCC. The molecule has 9 nitrogen and oxygen atoms in total. The first-order valence-corrected chi connectivity index (χ1v) is 33.0. The van der Waals surface area contributed by atoms with Gasteiger partial charge in [0.1, 0.15) is 13.2 Å². The van der Waals surface area contributed by atoms with Crippen LogP contribution in [0.1, 0.15) is 328 Å². The minimum absolute atomic E-state index is 0.149. The first kappa shape index (κ1) is 73.8. The van der Waals surface area contributed by atoms with Gasteiger partial charge in [0.05, 0.1) is 40.3 Å². The average Bonchev–Trinajstić information content (AvgIpc) is 3.39. The molecule has 0 fully saturated rings. The lowest BCUT2D eigenvalue weighted by Gasteiger charge is -2.26. The van der Waals surface area contributed by atoms with Crippen LogP contribution in [-0.2, 0) is 33.3 Å². The Morgan fingerprint density at radius 3 is 0.974 bits per heavy atom. The van der Waals surface area contributed by atoms with E-state index in [1.54, 1.807) is 0 Å². The Bertz CT molecular complexity index is 1300. The van der Waals surface area contributed by atoms with E-state index in [1.807, 2.05) is 21.1 Å². The van der Waals surface area contributed by atoms with Crippen molar-refractivity contribution in [3.05, 3.63) is 24.3 Å². The molecule has 0 heterocycles. The number of carboxylic acids is 1. The van der Waals surface area contributed by atoms with Crippen LogP contribution in [0.2, 0.25) is 0 Å². The Morgan fingerprint density at radius 2 is 0.671 bits per heavy atom. The molecule has 0 bridgehead atoms. The highest BCUT2D eigenvalue weighted by Gasteiger charge is 2.22. The molecule has 0 N–H and O–H groups in total. The van der Waals surface area contributed by atoms with Crippen LogP contribution in [-0.4, -0.2) is 82.3 Å². The number of aliphatic carboxylic acids is 1. The van der Waals surface area contributed by atoms with E-state index in [1.165, 1.54) is 244 Å². The molecule has 0 amide bonds. The van der Waals surface area contributed by atoms with E-state index >= 15 is 0 Å². The quantitative estimate of drug-likeness (QED) is 0.0195. The van der Waals surface area contributed by atoms with Gasteiger partial charge in [0, 0.05) is 12.8 Å². The number of nitrogens with zero attached hydrogens (tertiary/aromatic N) is 1. The first-order chi connectivity index (χ1) is 37.1. The van der Waals surface area contributed by atoms with Gasteiger partial charge in [-0.15, -0.1) is 0 Å². The van der Waals surface area contributed by atoms with E-state index in [9.17, 15) is 19.5 Å². The standard InChI is InChI=1S/C67H127NO8/c1-6-8-10-12-14-16-18-20-22-23-24-25-26-27-28-29-30-31-32-33-34-35-36-37-38-39-40-41-42-43-44-46-48-50-52-54-56-58-65(70)76-63(62-75-67(66(71)72)73-60-59-68(3,4)5)61-74-64(69)57-55-53-51-49-47-45-21-19-17-15-13-11-9-7-2/h19,21,23-24,63,67H,6-18,20,22,25-62H2,1-5H3/b21-19-,24-23-. The van der Waals surface area contributed by atoms with Gasteiger partial charge >= 0.3 is 11.9 Å². The Hall–Kier alpha value is -2.23. The van der Waals surface area contributed by atoms with Crippen molar-refractivity contribution in [2.45, 2.75) is 341 Å². The number of quaternary nitrogens is 1. The van der Waals surface area contributed by atoms with Gasteiger partial charge in [-0.3, -0.25) is 9.59 Å². The number of unbranched alkanes of at least 4 members (excludes halogenated alkanes) is 43. The number of esters is 2. The Morgan fingerprint density at radius 1 is 0.382 bits per heavy atom. The molecule has 0 spiro atoms. The van der Waals surface area contributed by atoms with E-state index in [4.69, 9.17) is 18.9 Å². The van der Waals surface area contributed by atoms with Crippen molar-refractivity contribution < 1.29 is 42.9 Å². The Kier molecular flexibility index (Phi) is 57.2. The number of rotatable bonds is 62. The predicted molar refractivity (Wildman–Crippen MR) is 320 cm³/mol. The number of carbonyl (C=O) groups excluding carboxylic acids is 3. The van der Waals surface area contributed by atoms with E-state index in [2.05, 4.69) is 38.2 Å². The molecular weight excluding hydrogens is 947 g/mol. The molecule has 0 aliphatic heterocycles. The lowest BCUT2D eigenvalue weighted by molar-refractivity contribution is -0.870. The summed E-state index contributed by atoms with van der Waals surface area (Å²) >= 11 is 0. The average molecular weight is 1070 g/mol. The fourth-order valence-corrected chi connectivity index (χ4v) is 9.82. The lowest BCUT2D eigenvalue weighted by Crippen LogP contribution is -2.44. The normalized spacial score (nSPS) is 12.8. The van der Waals surface area contributed by atoms with Crippen LogP contribution in [0.4, 0.5) is 0 Å². The topological polar surface area (TPSA) is 111 Å². The van der Waals surface area contributed by atoms with Gasteiger partial charge in [0.2, 0.25) is 0 Å². The molecule has 0 aromatic rings. The van der Waals surface area contributed by atoms with Crippen LogP contribution >= 0.6 is 0 Å². The van der Waals surface area contributed by atoms with Crippen molar-refractivity contribution in [3.8, 4) is 0 Å². The molecule has 0 aromatic carbocycles. The van der Waals surface area contributed by atoms with Crippen LogP contribution in [0.25, 0.3) is 0 Å². The largest absolute Gasteiger partial charge is 0.545 e. The molecule has 0 rings (SSSR count). The number of ether oxygens (including phenoxy) is 4. The van der Waals surface area contributed by atoms with Gasteiger partial charge < -0.3 is 33.3 Å². The molecule has 0 saturated heterocycles. The number of hydrogen-bond acceptors (Lipinski definition) is 8. The van der Waals surface area contributed by atoms with E-state index in [0.29, 0.717) is 11.0 Å². The molecule has 0 aliphatic rings. The van der Waals surface area contributed by atoms with Gasteiger partial charge in [0.15, 0.2) is 12.4 Å². The maximum Gasteiger partial charge on any atom is 0.306 e. The highest BCUT2D eigenvalue weighted by Crippen LogP contribution is 2.18. The van der Waals surface area contributed by atoms with Crippen molar-refractivity contribution in [2.75, 3.05) is 47.5 Å². The minimum atomic E-state index is -1.62. The second-order valence-electron chi connectivity index (χ2n) is 23.8. The van der Waals surface area contributed by atoms with Gasteiger partial charge in [0.25, 0.3) is 0 Å². The summed E-state index contributed by atoms with van der Waals surface area (Å²) in [6.45, 7) is 4.77. The third-order valence-electron chi connectivity index (χ3n) is 14.9. The molecular formula is C67H127NO8. The highest BCUT2D eigenvalue weighted by molar-refractivity contribution is 5.70. The summed E-state index contributed by atoms with van der Waals surface area (Å²) in [5.41, 5.74) is 0. The predicted octanol–water partition coefficient (Wildman–Crippen LogP) is 18.5. The van der Waals surface area contributed by atoms with E-state index < -0.39 is 24.3 Å². The van der Waals surface area contributed by atoms with Crippen LogP contribution in [0.15, 0.2) is 24.3 Å². The van der Waals surface area contributed by atoms with Crippen molar-refractivity contribution in [2.24, 2.45) is 0 Å². The third kappa shape index (κ3) is 59.4. The Labute approximate surface area is 471 Å². The Balaban J connectivity index is 3.95. The fraction of sp³-hybridized carbons (Fsp3) is 0.896. The van der Waals surface area contributed by atoms with Gasteiger partial charge in [-0.2, -0.15) is 0 Å². The summed E-state index contributed by atoms with van der Waals surface area (Å²) in [7, 11) is 5.93. The molecule has 0 aromatic heterocycles. The van der Waals surface area contributed by atoms with Crippen LogP contribution in [0.5, 0.6) is 0 Å². The maximum atomic E-state index is 12.9. The summed E-state index contributed by atoms with van der Waals surface area (Å²) < 4.78 is 22.7. The number of carbonyl (C=O) groups is 3. The van der Waals surface area contributed by atoms with Crippen molar-refractivity contribution in [1.82, 2.24) is 0 Å². The summed E-state index contributed by atoms with van der Waals surface area (Å²) in [6.07, 6.45) is 68.5. The summed E-state index contributed by atoms with van der Waals surface area (Å²) in [5, 5.41) is 11.8. The van der Waals surface area contributed by atoms with Crippen molar-refractivity contribution in [3.63, 3.8) is 0 Å². The fourth-order valence-electron chi connectivity index (χ4n) is 9.82. The summed E-state index contributed by atoms with van der Waals surface area (Å²) in [6, 6.07) is 0. The lowest BCUT2D eigenvalue weighted by atomic mass is 10.0. The van der Waals surface area contributed by atoms with Gasteiger partial charge in [-0.05, 0) is 64.2 Å². The van der Waals surface area contributed by atoms with Crippen LogP contribution in [0, 0.1) is 0 Å². The minimum Gasteiger partial charge on any atom is -0.545 e. The monoisotopic (exact) mass is 1070 g/mol. The van der Waals surface area contributed by atoms with E-state index in [0.717, 1.165) is 57.8 Å². The molecule has 9 heteroatoms. The smallest absolute Gasteiger partial charge is 0.306 e. The second-order valence-corrected chi connectivity index (χ2v) is 23.8. The number of allylic oxidation sites excluding steroid dienone is 4. The number of hydrogen-bond donors (Lipinski definition) is 0. The molecule has 0 radical (unpaired) electrons. The number of carboxylic acid groups (broad SMARTS) is 1. The highest BCUT2D eigenvalue weighted by atomic mass is 16.7. The van der Waals surface area contributed by atoms with Gasteiger partial charge in [-0.25, -0.2) is 0 Å². The van der Waals surface area contributed by atoms with Crippen LogP contribution < -0.4 is 5.11 Å². The molecule has 0 aliphatic carbocycles. The summed E-state index contributed by atoms with van der Waals surface area (Å²) in [4.78, 5) is 37.3. The van der Waals surface area contributed by atoms with Gasteiger partial charge in [-0.1, -0.05) is 276 Å². The van der Waals surface area contributed by atoms with Crippen molar-refractivity contribution >= 4 is 17.9 Å². The summed E-state index contributed by atoms with van der Waals surface area (Å²) in [5.74, 6) is -2.27. The third-order valence-corrected chi connectivity index (χ3v) is 14.9. The zero-order valence-electron chi connectivity index (χ0n) is 51.2. The second kappa shape index (κ2) is 58.9. The van der Waals surface area contributed by atoms with Crippen molar-refractivity contribution in [1.29, 1.82) is 0 Å². The van der Waals surface area contributed by atoms with E-state index in [-0.39, 0.29) is 38.6 Å². The van der Waals surface area contributed by atoms with Crippen LogP contribution in [0.3, 0.4) is 0 Å². The number of likely N-dealkylation sites (N-methyl/N-ethyl adjacent to an activating group) is 1. The molecule has 2 unspecified atom stereocenters. The molecule has 76 heavy (non-hydrogen) atoms. The molecule has 2 atom stereocenters.